The Bertz CT molecular complexity index is 298. The van der Waals surface area contributed by atoms with E-state index in [1.807, 2.05) is 0 Å². The lowest BCUT2D eigenvalue weighted by Gasteiger charge is -2.14. The van der Waals surface area contributed by atoms with Crippen LogP contribution in [0.1, 0.15) is 40.0 Å². The van der Waals surface area contributed by atoms with Gasteiger partial charge >= 0.3 is 6.18 Å². The van der Waals surface area contributed by atoms with Crippen LogP contribution >= 0.6 is 0 Å². The molecule has 0 N–H and O–H groups in total. The largest absolute Gasteiger partial charge is 0.413 e. The molecule has 0 radical (unpaired) electrons. The zero-order valence-corrected chi connectivity index (χ0v) is 9.82. The summed E-state index contributed by atoms with van der Waals surface area (Å²) in [7, 11) is 0. The van der Waals surface area contributed by atoms with Crippen LogP contribution in [0.15, 0.2) is 23.3 Å². The van der Waals surface area contributed by atoms with E-state index in [0.29, 0.717) is 12.0 Å². The number of allylic oxidation sites excluding steroid dienone is 4. The van der Waals surface area contributed by atoms with Gasteiger partial charge in [0.1, 0.15) is 0 Å². The molecule has 92 valence electrons. The molecule has 0 saturated carbocycles. The Hall–Kier alpha value is -1.06. The van der Waals surface area contributed by atoms with Gasteiger partial charge in [0.15, 0.2) is 5.78 Å². The first-order chi connectivity index (χ1) is 7.36. The summed E-state index contributed by atoms with van der Waals surface area (Å²) in [6.07, 6.45) is -0.899. The van der Waals surface area contributed by atoms with Crippen molar-refractivity contribution in [1.29, 1.82) is 0 Å². The highest BCUT2D eigenvalue weighted by Gasteiger charge is 2.35. The van der Waals surface area contributed by atoms with Crippen LogP contribution < -0.4 is 0 Å². The average molecular weight is 234 g/mol. The number of carbonyl (C=O) groups is 1. The number of ketones is 1. The second kappa shape index (κ2) is 6.51. The summed E-state index contributed by atoms with van der Waals surface area (Å²) in [5, 5.41) is 0. The van der Waals surface area contributed by atoms with Gasteiger partial charge in [0.25, 0.3) is 0 Å². The van der Waals surface area contributed by atoms with Crippen molar-refractivity contribution in [3.63, 3.8) is 0 Å². The molecule has 1 aliphatic rings. The van der Waals surface area contributed by atoms with Gasteiger partial charge in [0, 0.05) is 12.0 Å². The predicted octanol–water partition coefficient (Wildman–Crippen LogP) is 4.20. The molecule has 1 rings (SSSR count). The van der Waals surface area contributed by atoms with E-state index in [0.717, 1.165) is 6.08 Å². The fourth-order valence-corrected chi connectivity index (χ4v) is 1.15. The highest BCUT2D eigenvalue weighted by atomic mass is 19.4. The lowest BCUT2D eigenvalue weighted by atomic mass is 9.95. The molecular weight excluding hydrogens is 217 g/mol. The monoisotopic (exact) mass is 234 g/mol. The predicted molar refractivity (Wildman–Crippen MR) is 58.1 cm³/mol. The van der Waals surface area contributed by atoms with E-state index in [9.17, 15) is 18.0 Å². The van der Waals surface area contributed by atoms with Crippen LogP contribution in [0.3, 0.4) is 0 Å². The summed E-state index contributed by atoms with van der Waals surface area (Å²) in [5.41, 5.74) is -0.289. The normalized spacial score (nSPS) is 16.0. The molecule has 0 spiro atoms. The number of alkyl halides is 3. The standard InChI is InChI=1S/C9H9F3O.C3H8/c1-2-6-3-4-7(5-8(6)13)9(10,11)12;1-3-2/h3-4H,2,5H2,1H3;3H2,1-2H3. The number of Topliss-reactive ketones (excluding diaryl/α,β-unsaturated/α-hetero) is 1. The zero-order chi connectivity index (χ0) is 12.8. The molecule has 0 aromatic carbocycles. The smallest absolute Gasteiger partial charge is 0.294 e. The second-order valence-electron chi connectivity index (χ2n) is 3.54. The minimum atomic E-state index is -4.37. The molecule has 0 fully saturated rings. The first kappa shape index (κ1) is 14.9. The Labute approximate surface area is 94.0 Å². The van der Waals surface area contributed by atoms with E-state index in [2.05, 4.69) is 13.8 Å². The third-order valence-electron chi connectivity index (χ3n) is 1.94. The van der Waals surface area contributed by atoms with Crippen molar-refractivity contribution in [2.24, 2.45) is 0 Å². The van der Waals surface area contributed by atoms with Crippen molar-refractivity contribution in [3.8, 4) is 0 Å². The topological polar surface area (TPSA) is 17.1 Å². The van der Waals surface area contributed by atoms with Gasteiger partial charge in [0.05, 0.1) is 0 Å². The highest BCUT2D eigenvalue weighted by Crippen LogP contribution is 2.31. The average Bonchev–Trinajstić information content (AvgIpc) is 2.17. The number of hydrogen-bond acceptors (Lipinski definition) is 1. The number of hydrogen-bond donors (Lipinski definition) is 0. The van der Waals surface area contributed by atoms with E-state index in [4.69, 9.17) is 0 Å². The maximum absolute atomic E-state index is 12.1. The molecule has 1 nitrogen and oxygen atoms in total. The first-order valence-electron chi connectivity index (χ1n) is 5.36. The molecular formula is C12H17F3O. The Morgan fingerprint density at radius 2 is 1.69 bits per heavy atom. The van der Waals surface area contributed by atoms with Crippen molar-refractivity contribution in [2.45, 2.75) is 46.2 Å². The maximum atomic E-state index is 12.1. The van der Waals surface area contributed by atoms with Crippen LogP contribution in [0.2, 0.25) is 0 Å². The first-order valence-corrected chi connectivity index (χ1v) is 5.36. The van der Waals surface area contributed by atoms with Gasteiger partial charge in [-0.2, -0.15) is 13.2 Å². The summed E-state index contributed by atoms with van der Waals surface area (Å²) in [6, 6.07) is 0. The van der Waals surface area contributed by atoms with E-state index in [1.54, 1.807) is 6.92 Å². The van der Waals surface area contributed by atoms with Gasteiger partial charge in [-0.25, -0.2) is 0 Å². The number of carbonyl (C=O) groups excluding carboxylic acids is 1. The van der Waals surface area contributed by atoms with Crippen molar-refractivity contribution in [3.05, 3.63) is 23.3 Å². The summed E-state index contributed by atoms with van der Waals surface area (Å²) >= 11 is 0. The zero-order valence-electron chi connectivity index (χ0n) is 9.82. The fraction of sp³-hybridized carbons (Fsp3) is 0.583. The Morgan fingerprint density at radius 3 is 2.00 bits per heavy atom. The maximum Gasteiger partial charge on any atom is 0.413 e. The van der Waals surface area contributed by atoms with E-state index in [1.165, 1.54) is 12.5 Å². The Morgan fingerprint density at radius 1 is 1.19 bits per heavy atom. The van der Waals surface area contributed by atoms with Crippen LogP contribution in [-0.2, 0) is 4.79 Å². The highest BCUT2D eigenvalue weighted by molar-refractivity contribution is 5.98. The number of rotatable bonds is 1. The lowest BCUT2D eigenvalue weighted by Crippen LogP contribution is -2.18. The van der Waals surface area contributed by atoms with Crippen LogP contribution in [-0.4, -0.2) is 12.0 Å². The molecule has 0 amide bonds. The summed E-state index contributed by atoms with van der Waals surface area (Å²) in [6.45, 7) is 6.00. The quantitative estimate of drug-likeness (QED) is 0.664. The summed E-state index contributed by atoms with van der Waals surface area (Å²) in [4.78, 5) is 11.1. The minimum Gasteiger partial charge on any atom is -0.294 e. The van der Waals surface area contributed by atoms with Gasteiger partial charge in [-0.05, 0) is 12.0 Å². The van der Waals surface area contributed by atoms with Crippen LogP contribution in [0.25, 0.3) is 0 Å². The van der Waals surface area contributed by atoms with Gasteiger partial charge in [0.2, 0.25) is 0 Å². The summed E-state index contributed by atoms with van der Waals surface area (Å²) < 4.78 is 36.3. The lowest BCUT2D eigenvalue weighted by molar-refractivity contribution is -0.120. The molecule has 0 bridgehead atoms. The molecule has 0 aromatic rings. The van der Waals surface area contributed by atoms with Crippen molar-refractivity contribution < 1.29 is 18.0 Å². The fourth-order valence-electron chi connectivity index (χ4n) is 1.15. The van der Waals surface area contributed by atoms with Crippen LogP contribution in [0.4, 0.5) is 13.2 Å². The Kier molecular flexibility index (Phi) is 6.08. The van der Waals surface area contributed by atoms with E-state index in [-0.39, 0.29) is 0 Å². The minimum absolute atomic E-state index is 0.419. The molecule has 16 heavy (non-hydrogen) atoms. The van der Waals surface area contributed by atoms with Crippen LogP contribution in [0, 0.1) is 0 Å². The van der Waals surface area contributed by atoms with E-state index >= 15 is 0 Å². The molecule has 0 aliphatic heterocycles. The van der Waals surface area contributed by atoms with Crippen molar-refractivity contribution in [2.75, 3.05) is 0 Å². The molecule has 1 aliphatic carbocycles. The summed E-state index contributed by atoms with van der Waals surface area (Å²) in [5.74, 6) is -0.419. The third-order valence-corrected chi connectivity index (χ3v) is 1.94. The van der Waals surface area contributed by atoms with Crippen LogP contribution in [0.5, 0.6) is 0 Å². The second-order valence-corrected chi connectivity index (χ2v) is 3.54. The third kappa shape index (κ3) is 4.64. The van der Waals surface area contributed by atoms with Crippen molar-refractivity contribution in [1.82, 2.24) is 0 Å². The SMILES string of the molecule is CCC.CCC1=CC=C(C(F)(F)F)CC1=O. The Balaban J connectivity index is 0.000000673. The van der Waals surface area contributed by atoms with Gasteiger partial charge in [-0.1, -0.05) is 39.3 Å². The van der Waals surface area contributed by atoms with E-state index < -0.39 is 24.0 Å². The molecule has 0 aromatic heterocycles. The van der Waals surface area contributed by atoms with Gasteiger partial charge in [-0.15, -0.1) is 0 Å². The van der Waals surface area contributed by atoms with Gasteiger partial charge < -0.3 is 0 Å². The molecule has 0 heterocycles. The molecule has 0 saturated heterocycles. The van der Waals surface area contributed by atoms with Crippen molar-refractivity contribution >= 4 is 5.78 Å². The molecule has 4 heteroatoms. The molecule has 0 atom stereocenters. The number of halogens is 3. The van der Waals surface area contributed by atoms with Gasteiger partial charge in [-0.3, -0.25) is 4.79 Å². The molecule has 0 unspecified atom stereocenters.